The summed E-state index contributed by atoms with van der Waals surface area (Å²) in [7, 11) is -3.90. The average Bonchev–Trinajstić information content (AvgIpc) is 2.69. The van der Waals surface area contributed by atoms with Crippen LogP contribution in [0.1, 0.15) is 36.1 Å². The normalized spacial score (nSPS) is 20.2. The van der Waals surface area contributed by atoms with Crippen molar-refractivity contribution in [2.45, 2.75) is 56.8 Å². The highest BCUT2D eigenvalue weighted by Crippen LogP contribution is 2.32. The van der Waals surface area contributed by atoms with E-state index in [4.69, 9.17) is 5.11 Å². The van der Waals surface area contributed by atoms with E-state index in [9.17, 15) is 30.8 Å². The predicted octanol–water partition coefficient (Wildman–Crippen LogP) is 4.11. The molecule has 35 heavy (non-hydrogen) atoms. The molecule has 11 heteroatoms. The number of carboxylic acids is 1. The number of halogens is 4. The number of aliphatic carboxylic acids is 1. The van der Waals surface area contributed by atoms with Crippen molar-refractivity contribution in [3.8, 4) is 0 Å². The Bertz CT molecular complexity index is 1190. The van der Waals surface area contributed by atoms with Gasteiger partial charge in [-0.05, 0) is 68.1 Å². The minimum Gasteiger partial charge on any atom is -0.481 e. The number of piperazine rings is 1. The van der Waals surface area contributed by atoms with Crippen LogP contribution in [0.5, 0.6) is 0 Å². The molecule has 192 valence electrons. The highest BCUT2D eigenvalue weighted by Gasteiger charge is 2.38. The minimum absolute atomic E-state index is 0.0427. The summed E-state index contributed by atoms with van der Waals surface area (Å²) in [5.41, 5.74) is 0.172. The van der Waals surface area contributed by atoms with E-state index < -0.39 is 45.6 Å². The number of aryl methyl sites for hydroxylation is 1. The number of sulfonamides is 1. The zero-order chi connectivity index (χ0) is 26.1. The quantitative estimate of drug-likeness (QED) is 0.561. The number of carboxylic acid groups (broad SMARTS) is 1. The van der Waals surface area contributed by atoms with Gasteiger partial charge in [-0.25, -0.2) is 12.8 Å². The van der Waals surface area contributed by atoms with E-state index >= 15 is 0 Å². The van der Waals surface area contributed by atoms with E-state index in [1.165, 1.54) is 22.5 Å². The highest BCUT2D eigenvalue weighted by atomic mass is 32.2. The standard InChI is InChI=1S/C24H28F4N2O4S/c1-15-8-19(12-23(31)32)10-20(9-15)35(33,34)30-16(2)13-29(14-17(30)3)7-6-18-4-5-21(22(25)11-18)24(26,27)28/h4-5,8-11,16-17H,6-7,12-14H2,1-3H3,(H,31,32)/t16-,17?/m0/s1. The van der Waals surface area contributed by atoms with Crippen molar-refractivity contribution in [3.63, 3.8) is 0 Å². The van der Waals surface area contributed by atoms with Crippen LogP contribution in [-0.2, 0) is 33.8 Å². The Kier molecular flexibility index (Phi) is 7.93. The van der Waals surface area contributed by atoms with E-state index in [-0.39, 0.29) is 11.3 Å². The van der Waals surface area contributed by atoms with Crippen molar-refractivity contribution in [2.75, 3.05) is 19.6 Å². The second kappa shape index (κ2) is 10.2. The lowest BCUT2D eigenvalue weighted by atomic mass is 10.1. The Morgan fingerprint density at radius 3 is 2.23 bits per heavy atom. The maximum Gasteiger partial charge on any atom is 0.419 e. The Morgan fingerprint density at radius 1 is 1.06 bits per heavy atom. The fourth-order valence-electron chi connectivity index (χ4n) is 4.68. The molecule has 0 bridgehead atoms. The van der Waals surface area contributed by atoms with Crippen LogP contribution in [0, 0.1) is 12.7 Å². The Hall–Kier alpha value is -2.50. The Balaban J connectivity index is 1.71. The number of benzene rings is 2. The van der Waals surface area contributed by atoms with Gasteiger partial charge in [0.1, 0.15) is 5.82 Å². The molecule has 1 N–H and O–H groups in total. The molecule has 0 spiro atoms. The second-order valence-electron chi connectivity index (χ2n) is 9.08. The summed E-state index contributed by atoms with van der Waals surface area (Å²) in [5.74, 6) is -2.37. The number of rotatable bonds is 7. The highest BCUT2D eigenvalue weighted by molar-refractivity contribution is 7.89. The van der Waals surface area contributed by atoms with Gasteiger partial charge in [0.25, 0.3) is 0 Å². The zero-order valence-electron chi connectivity index (χ0n) is 19.6. The summed E-state index contributed by atoms with van der Waals surface area (Å²) in [6, 6.07) is 6.62. The molecule has 0 aliphatic carbocycles. The van der Waals surface area contributed by atoms with E-state index in [0.717, 1.165) is 12.1 Å². The molecular weight excluding hydrogens is 488 g/mol. The van der Waals surface area contributed by atoms with Crippen molar-refractivity contribution in [1.82, 2.24) is 9.21 Å². The minimum atomic E-state index is -4.75. The average molecular weight is 517 g/mol. The molecule has 6 nitrogen and oxygen atoms in total. The second-order valence-corrected chi connectivity index (χ2v) is 10.9. The maximum atomic E-state index is 13.9. The predicted molar refractivity (Wildman–Crippen MR) is 122 cm³/mol. The molecule has 1 aliphatic rings. The first-order chi connectivity index (χ1) is 16.2. The van der Waals surface area contributed by atoms with Crippen LogP contribution < -0.4 is 0 Å². The molecule has 1 heterocycles. The molecule has 3 rings (SSSR count). The lowest BCUT2D eigenvalue weighted by Gasteiger charge is -2.43. The van der Waals surface area contributed by atoms with Gasteiger partial charge in [-0.3, -0.25) is 9.69 Å². The van der Waals surface area contributed by atoms with Crippen LogP contribution in [-0.4, -0.2) is 60.4 Å². The molecular formula is C24H28F4N2O4S. The summed E-state index contributed by atoms with van der Waals surface area (Å²) < 4.78 is 80.5. The number of alkyl halides is 3. The SMILES string of the molecule is Cc1cc(CC(=O)O)cc(S(=O)(=O)N2C(C)CN(CCc3ccc(C(F)(F)F)c(F)c3)C[C@@H]2C)c1. The molecule has 1 unspecified atom stereocenters. The van der Waals surface area contributed by atoms with Crippen LogP contribution >= 0.6 is 0 Å². The van der Waals surface area contributed by atoms with Crippen molar-refractivity contribution in [3.05, 3.63) is 64.5 Å². The molecule has 1 saturated heterocycles. The third kappa shape index (κ3) is 6.39. The van der Waals surface area contributed by atoms with Crippen molar-refractivity contribution in [2.24, 2.45) is 0 Å². The van der Waals surface area contributed by atoms with Gasteiger partial charge in [0, 0.05) is 31.7 Å². The molecule has 2 aromatic carbocycles. The van der Waals surface area contributed by atoms with Crippen LogP contribution in [0.4, 0.5) is 17.6 Å². The van der Waals surface area contributed by atoms with Crippen molar-refractivity contribution < 1.29 is 35.9 Å². The Labute approximate surface area is 202 Å². The van der Waals surface area contributed by atoms with Crippen LogP contribution in [0.3, 0.4) is 0 Å². The lowest BCUT2D eigenvalue weighted by molar-refractivity contribution is -0.140. The summed E-state index contributed by atoms with van der Waals surface area (Å²) in [5, 5.41) is 9.07. The monoisotopic (exact) mass is 516 g/mol. The molecule has 1 fully saturated rings. The zero-order valence-corrected chi connectivity index (χ0v) is 20.5. The smallest absolute Gasteiger partial charge is 0.419 e. The van der Waals surface area contributed by atoms with Crippen LogP contribution in [0.2, 0.25) is 0 Å². The van der Waals surface area contributed by atoms with Gasteiger partial charge in [-0.2, -0.15) is 17.5 Å². The van der Waals surface area contributed by atoms with Crippen molar-refractivity contribution in [1.29, 1.82) is 0 Å². The maximum absolute atomic E-state index is 13.9. The lowest BCUT2D eigenvalue weighted by Crippen LogP contribution is -2.58. The molecule has 0 radical (unpaired) electrons. The van der Waals surface area contributed by atoms with E-state index in [0.29, 0.717) is 42.7 Å². The topological polar surface area (TPSA) is 77.9 Å². The summed E-state index contributed by atoms with van der Waals surface area (Å²) in [6.45, 7) is 6.46. The number of nitrogens with zero attached hydrogens (tertiary/aromatic N) is 2. The first-order valence-electron chi connectivity index (χ1n) is 11.1. The first-order valence-corrected chi connectivity index (χ1v) is 12.6. The van der Waals surface area contributed by atoms with Gasteiger partial charge in [0.05, 0.1) is 16.9 Å². The largest absolute Gasteiger partial charge is 0.481 e. The molecule has 0 amide bonds. The number of hydrogen-bond acceptors (Lipinski definition) is 4. The fourth-order valence-corrected chi connectivity index (χ4v) is 6.64. The van der Waals surface area contributed by atoms with E-state index in [2.05, 4.69) is 0 Å². The molecule has 2 atom stereocenters. The number of hydrogen-bond donors (Lipinski definition) is 1. The van der Waals surface area contributed by atoms with E-state index in [1.807, 2.05) is 4.90 Å². The van der Waals surface area contributed by atoms with Gasteiger partial charge in [0.15, 0.2) is 0 Å². The third-order valence-corrected chi connectivity index (χ3v) is 8.12. The van der Waals surface area contributed by atoms with Gasteiger partial charge < -0.3 is 5.11 Å². The molecule has 0 saturated carbocycles. The van der Waals surface area contributed by atoms with E-state index in [1.54, 1.807) is 26.8 Å². The van der Waals surface area contributed by atoms with Crippen molar-refractivity contribution >= 4 is 16.0 Å². The summed E-state index contributed by atoms with van der Waals surface area (Å²) >= 11 is 0. The Morgan fingerprint density at radius 2 is 1.69 bits per heavy atom. The van der Waals surface area contributed by atoms with Gasteiger partial charge in [0.2, 0.25) is 10.0 Å². The van der Waals surface area contributed by atoms with Gasteiger partial charge in [-0.1, -0.05) is 12.1 Å². The summed E-state index contributed by atoms with van der Waals surface area (Å²) in [6.07, 6.45) is -4.72. The van der Waals surface area contributed by atoms with Crippen LogP contribution in [0.15, 0.2) is 41.3 Å². The van der Waals surface area contributed by atoms with Gasteiger partial charge >= 0.3 is 12.1 Å². The van der Waals surface area contributed by atoms with Crippen LogP contribution in [0.25, 0.3) is 0 Å². The summed E-state index contributed by atoms with van der Waals surface area (Å²) in [4.78, 5) is 13.1. The number of carbonyl (C=O) groups is 1. The third-order valence-electron chi connectivity index (χ3n) is 6.01. The molecule has 1 aliphatic heterocycles. The first kappa shape index (κ1) is 27.1. The molecule has 0 aromatic heterocycles. The van der Waals surface area contributed by atoms with Gasteiger partial charge in [-0.15, -0.1) is 0 Å². The molecule has 2 aromatic rings. The fraction of sp³-hybridized carbons (Fsp3) is 0.458.